The third-order valence-corrected chi connectivity index (χ3v) is 2.86. The van der Waals surface area contributed by atoms with E-state index in [2.05, 4.69) is 20.0 Å². The second-order valence-electron chi connectivity index (χ2n) is 4.16. The van der Waals surface area contributed by atoms with E-state index >= 15 is 0 Å². The van der Waals surface area contributed by atoms with Gasteiger partial charge in [-0.2, -0.15) is 0 Å². The number of aromatic nitrogens is 2. The van der Waals surface area contributed by atoms with Crippen molar-refractivity contribution in [2.75, 3.05) is 25.5 Å². The van der Waals surface area contributed by atoms with Crippen LogP contribution < -0.4 is 5.32 Å². The van der Waals surface area contributed by atoms with Crippen molar-refractivity contribution in [2.24, 2.45) is 0 Å². The maximum absolute atomic E-state index is 12.1. The Balaban J connectivity index is 2.69. The molecule has 1 N–H and O–H groups in total. The number of amides is 1. The van der Waals surface area contributed by atoms with Crippen LogP contribution in [0.3, 0.4) is 0 Å². The first-order valence-corrected chi connectivity index (χ1v) is 6.49. The van der Waals surface area contributed by atoms with Crippen molar-refractivity contribution in [1.29, 1.82) is 0 Å². The van der Waals surface area contributed by atoms with Crippen molar-refractivity contribution in [3.8, 4) is 0 Å². The van der Waals surface area contributed by atoms with Gasteiger partial charge in [-0.1, -0.05) is 0 Å². The summed E-state index contributed by atoms with van der Waals surface area (Å²) >= 11 is 0. The van der Waals surface area contributed by atoms with E-state index < -0.39 is 12.0 Å². The maximum atomic E-state index is 12.1. The lowest BCUT2D eigenvalue weighted by Gasteiger charge is -2.23. The topological polar surface area (TPSA) is 84.4 Å². The Morgan fingerprint density at radius 1 is 1.30 bits per heavy atom. The maximum Gasteiger partial charge on any atom is 0.358 e. The fourth-order valence-corrected chi connectivity index (χ4v) is 1.71. The molecule has 1 aromatic rings. The number of anilines is 1. The fourth-order valence-electron chi connectivity index (χ4n) is 1.71. The molecule has 110 valence electrons. The van der Waals surface area contributed by atoms with Crippen LogP contribution in [0.2, 0.25) is 0 Å². The van der Waals surface area contributed by atoms with Crippen LogP contribution in [0.4, 0.5) is 5.82 Å². The van der Waals surface area contributed by atoms with Crippen LogP contribution in [0.1, 0.15) is 31.3 Å². The number of ether oxygens (including phenoxy) is 1. The first kappa shape index (κ1) is 15.9. The summed E-state index contributed by atoms with van der Waals surface area (Å²) in [5.74, 6) is -0.115. The van der Waals surface area contributed by atoms with Gasteiger partial charge in [0.25, 0.3) is 0 Å². The Morgan fingerprint density at radius 3 is 2.40 bits per heavy atom. The predicted molar refractivity (Wildman–Crippen MR) is 74.4 cm³/mol. The second-order valence-corrected chi connectivity index (χ2v) is 4.16. The van der Waals surface area contributed by atoms with E-state index in [-0.39, 0.29) is 11.6 Å². The summed E-state index contributed by atoms with van der Waals surface area (Å²) in [6.07, 6.45) is 2.71. The van der Waals surface area contributed by atoms with Crippen molar-refractivity contribution >= 4 is 17.7 Å². The highest BCUT2D eigenvalue weighted by atomic mass is 16.5. The van der Waals surface area contributed by atoms with E-state index in [1.165, 1.54) is 19.5 Å². The number of carbonyl (C=O) groups is 2. The number of nitrogens with zero attached hydrogens (tertiary/aromatic N) is 3. The van der Waals surface area contributed by atoms with Gasteiger partial charge in [0.05, 0.1) is 19.5 Å². The SMILES string of the molecule is CCN(CC)C(=O)C(C)Nc1cnc(C(=O)OC)cn1. The number of methoxy groups -OCH3 is 1. The molecular weight excluding hydrogens is 260 g/mol. The zero-order valence-corrected chi connectivity index (χ0v) is 12.2. The number of rotatable bonds is 6. The lowest BCUT2D eigenvalue weighted by Crippen LogP contribution is -2.41. The zero-order chi connectivity index (χ0) is 15.1. The fraction of sp³-hybridized carbons (Fsp3) is 0.538. The highest BCUT2D eigenvalue weighted by Gasteiger charge is 2.18. The smallest absolute Gasteiger partial charge is 0.358 e. The highest BCUT2D eigenvalue weighted by molar-refractivity contribution is 5.87. The highest BCUT2D eigenvalue weighted by Crippen LogP contribution is 2.06. The molecule has 1 amide bonds. The molecule has 0 saturated heterocycles. The molecular formula is C13H20N4O3. The van der Waals surface area contributed by atoms with Gasteiger partial charge in [-0.3, -0.25) is 4.79 Å². The Labute approximate surface area is 118 Å². The number of nitrogens with one attached hydrogen (secondary N) is 1. The molecule has 0 spiro atoms. The second kappa shape index (κ2) is 7.42. The number of carbonyl (C=O) groups excluding carboxylic acids is 2. The van der Waals surface area contributed by atoms with Gasteiger partial charge in [-0.15, -0.1) is 0 Å². The van der Waals surface area contributed by atoms with Crippen molar-refractivity contribution in [3.63, 3.8) is 0 Å². The van der Waals surface area contributed by atoms with E-state index in [1.54, 1.807) is 11.8 Å². The van der Waals surface area contributed by atoms with Gasteiger partial charge < -0.3 is 15.0 Å². The van der Waals surface area contributed by atoms with Gasteiger partial charge in [0.1, 0.15) is 11.9 Å². The van der Waals surface area contributed by atoms with Crippen molar-refractivity contribution in [1.82, 2.24) is 14.9 Å². The third kappa shape index (κ3) is 3.91. The molecule has 0 radical (unpaired) electrons. The third-order valence-electron chi connectivity index (χ3n) is 2.86. The van der Waals surface area contributed by atoms with Crippen LogP contribution in [-0.4, -0.2) is 53.0 Å². The van der Waals surface area contributed by atoms with Crippen molar-refractivity contribution in [2.45, 2.75) is 26.8 Å². The van der Waals surface area contributed by atoms with Crippen LogP contribution in [0.25, 0.3) is 0 Å². The Bertz CT molecular complexity index is 457. The minimum absolute atomic E-state index is 0.00570. The van der Waals surface area contributed by atoms with Crippen LogP contribution in [0.5, 0.6) is 0 Å². The monoisotopic (exact) mass is 280 g/mol. The lowest BCUT2D eigenvalue weighted by molar-refractivity contribution is -0.131. The van der Waals surface area contributed by atoms with E-state index in [4.69, 9.17) is 0 Å². The molecule has 1 heterocycles. The first-order valence-electron chi connectivity index (χ1n) is 6.49. The molecule has 0 fully saturated rings. The zero-order valence-electron chi connectivity index (χ0n) is 12.2. The predicted octanol–water partition coefficient (Wildman–Crippen LogP) is 0.932. The number of likely N-dealkylation sites (N-methyl/N-ethyl adjacent to an activating group) is 1. The molecule has 0 saturated carbocycles. The van der Waals surface area contributed by atoms with Gasteiger partial charge in [-0.25, -0.2) is 14.8 Å². The summed E-state index contributed by atoms with van der Waals surface area (Å²) in [7, 11) is 1.28. The summed E-state index contributed by atoms with van der Waals surface area (Å²) in [4.78, 5) is 33.0. The van der Waals surface area contributed by atoms with Crippen LogP contribution in [0, 0.1) is 0 Å². The molecule has 0 aliphatic rings. The molecule has 1 atom stereocenters. The Hall–Kier alpha value is -2.18. The normalized spacial score (nSPS) is 11.6. The van der Waals surface area contributed by atoms with Crippen LogP contribution in [-0.2, 0) is 9.53 Å². The number of esters is 1. The largest absolute Gasteiger partial charge is 0.464 e. The molecule has 1 aromatic heterocycles. The molecule has 0 bridgehead atoms. The van der Waals surface area contributed by atoms with Gasteiger partial charge in [-0.05, 0) is 20.8 Å². The number of hydrogen-bond acceptors (Lipinski definition) is 6. The standard InChI is InChI=1S/C13H20N4O3/c1-5-17(6-2)12(18)9(3)16-11-8-14-10(7-15-11)13(19)20-4/h7-9H,5-6H2,1-4H3,(H,15,16). The van der Waals surface area contributed by atoms with Crippen LogP contribution in [0.15, 0.2) is 12.4 Å². The van der Waals surface area contributed by atoms with Gasteiger partial charge in [0, 0.05) is 13.1 Å². The van der Waals surface area contributed by atoms with Gasteiger partial charge in [0.15, 0.2) is 5.69 Å². The lowest BCUT2D eigenvalue weighted by atomic mass is 10.3. The summed E-state index contributed by atoms with van der Waals surface area (Å²) < 4.78 is 4.53. The van der Waals surface area contributed by atoms with Gasteiger partial charge >= 0.3 is 5.97 Å². The van der Waals surface area contributed by atoms with Gasteiger partial charge in [0.2, 0.25) is 5.91 Å². The minimum atomic E-state index is -0.545. The summed E-state index contributed by atoms with van der Waals surface area (Å²) in [5, 5.41) is 2.96. The molecule has 1 rings (SSSR count). The molecule has 0 aromatic carbocycles. The quantitative estimate of drug-likeness (QED) is 0.780. The van der Waals surface area contributed by atoms with E-state index in [1.807, 2.05) is 13.8 Å². The molecule has 0 aliphatic heterocycles. The molecule has 20 heavy (non-hydrogen) atoms. The molecule has 0 aliphatic carbocycles. The Kier molecular flexibility index (Phi) is 5.89. The van der Waals surface area contributed by atoms with E-state index in [0.717, 1.165) is 0 Å². The van der Waals surface area contributed by atoms with Crippen molar-refractivity contribution in [3.05, 3.63) is 18.1 Å². The molecule has 7 nitrogen and oxygen atoms in total. The van der Waals surface area contributed by atoms with E-state index in [9.17, 15) is 9.59 Å². The summed E-state index contributed by atoms with van der Waals surface area (Å²) in [6.45, 7) is 6.94. The van der Waals surface area contributed by atoms with Crippen LogP contribution >= 0.6 is 0 Å². The molecule has 1 unspecified atom stereocenters. The molecule has 7 heteroatoms. The minimum Gasteiger partial charge on any atom is -0.464 e. The van der Waals surface area contributed by atoms with E-state index in [0.29, 0.717) is 18.9 Å². The Morgan fingerprint density at radius 2 is 1.95 bits per heavy atom. The number of hydrogen-bond donors (Lipinski definition) is 1. The average Bonchev–Trinajstić information content (AvgIpc) is 2.48. The average molecular weight is 280 g/mol. The summed E-state index contributed by atoms with van der Waals surface area (Å²) in [5.41, 5.74) is 0.126. The summed E-state index contributed by atoms with van der Waals surface area (Å²) in [6, 6.07) is -0.409. The first-order chi connectivity index (χ1) is 9.53. The van der Waals surface area contributed by atoms with Crippen molar-refractivity contribution < 1.29 is 14.3 Å².